The van der Waals surface area contributed by atoms with Crippen LogP contribution >= 0.6 is 21.9 Å². The van der Waals surface area contributed by atoms with Crippen molar-refractivity contribution < 1.29 is 9.22 Å². The van der Waals surface area contributed by atoms with Crippen LogP contribution in [0.5, 0.6) is 0 Å². The Morgan fingerprint density at radius 3 is 3.08 bits per heavy atom. The van der Waals surface area contributed by atoms with Crippen LogP contribution in [0.4, 0.5) is 0 Å². The maximum absolute atomic E-state index is 4.81. The summed E-state index contributed by atoms with van der Waals surface area (Å²) in [5, 5.41) is 0. The van der Waals surface area contributed by atoms with Crippen LogP contribution in [0.1, 0.15) is 25.7 Å². The van der Waals surface area contributed by atoms with Gasteiger partial charge in [0.1, 0.15) is 17.3 Å². The lowest BCUT2D eigenvalue weighted by Crippen LogP contribution is -1.79. The largest absolute Gasteiger partial charge is 0.332 e. The van der Waals surface area contributed by atoms with Gasteiger partial charge in [0.25, 0.3) is 0 Å². The third-order valence-electron chi connectivity index (χ3n) is 1.59. The molecule has 1 rings (SSSR count). The zero-order valence-electron chi connectivity index (χ0n) is 7.48. The standard InChI is InChI=1S/C9H14O2S2/c1-2-4-6-8-10-11-13-12-9-7-5-3-1/h2,4,6,8H,1,3,5,7,9H2/b4-2+,8-6-. The molecular weight excluding hydrogens is 204 g/mol. The minimum Gasteiger partial charge on any atom is -0.332 e. The van der Waals surface area contributed by atoms with Crippen molar-refractivity contribution in [3.63, 3.8) is 0 Å². The lowest BCUT2D eigenvalue weighted by Gasteiger charge is -1.98. The Balaban J connectivity index is 2.18. The van der Waals surface area contributed by atoms with Gasteiger partial charge < -0.3 is 4.89 Å². The highest BCUT2D eigenvalue weighted by Gasteiger charge is 1.92. The summed E-state index contributed by atoms with van der Waals surface area (Å²) in [6, 6.07) is 0. The van der Waals surface area contributed by atoms with Gasteiger partial charge in [-0.2, -0.15) is 0 Å². The van der Waals surface area contributed by atoms with Gasteiger partial charge in [-0.25, -0.2) is 0 Å². The van der Waals surface area contributed by atoms with Crippen molar-refractivity contribution in [2.24, 2.45) is 0 Å². The van der Waals surface area contributed by atoms with Gasteiger partial charge in [0.05, 0.1) is 0 Å². The molecule has 0 N–H and O–H groups in total. The molecular formula is C9H14O2S2. The zero-order chi connectivity index (χ0) is 9.19. The van der Waals surface area contributed by atoms with Crippen LogP contribution in [0, 0.1) is 0 Å². The highest BCUT2D eigenvalue weighted by molar-refractivity contribution is 8.74. The molecule has 0 amide bonds. The fourth-order valence-corrected chi connectivity index (χ4v) is 2.22. The smallest absolute Gasteiger partial charge is 0.130 e. The Morgan fingerprint density at radius 1 is 1.08 bits per heavy atom. The maximum atomic E-state index is 4.81. The van der Waals surface area contributed by atoms with E-state index in [9.17, 15) is 0 Å². The Bertz CT molecular complexity index is 151. The zero-order valence-corrected chi connectivity index (χ0v) is 9.11. The van der Waals surface area contributed by atoms with Crippen LogP contribution in [-0.4, -0.2) is 5.75 Å². The van der Waals surface area contributed by atoms with Gasteiger partial charge in [0.2, 0.25) is 0 Å². The summed E-state index contributed by atoms with van der Waals surface area (Å²) in [5.41, 5.74) is 0. The van der Waals surface area contributed by atoms with Crippen molar-refractivity contribution >= 4 is 21.9 Å². The minimum atomic E-state index is 1.13. The molecule has 0 aromatic rings. The van der Waals surface area contributed by atoms with Gasteiger partial charge in [0, 0.05) is 5.75 Å². The molecule has 0 aliphatic carbocycles. The Kier molecular flexibility index (Phi) is 7.23. The number of hydrogen-bond donors (Lipinski definition) is 0. The molecule has 74 valence electrons. The first-order chi connectivity index (χ1) is 6.50. The molecule has 0 bridgehead atoms. The first kappa shape index (κ1) is 11.0. The van der Waals surface area contributed by atoms with Crippen LogP contribution in [0.25, 0.3) is 0 Å². The van der Waals surface area contributed by atoms with Crippen LogP contribution in [-0.2, 0) is 9.22 Å². The van der Waals surface area contributed by atoms with Crippen LogP contribution < -0.4 is 0 Å². The summed E-state index contributed by atoms with van der Waals surface area (Å²) in [6.45, 7) is 0. The van der Waals surface area contributed by atoms with Crippen molar-refractivity contribution in [1.29, 1.82) is 0 Å². The van der Waals surface area contributed by atoms with Crippen molar-refractivity contribution in [2.45, 2.75) is 25.7 Å². The summed E-state index contributed by atoms with van der Waals surface area (Å²) in [5.74, 6) is 1.13. The van der Waals surface area contributed by atoms with Gasteiger partial charge in [-0.3, -0.25) is 0 Å². The number of hydrogen-bond acceptors (Lipinski definition) is 4. The molecule has 1 aliphatic heterocycles. The molecule has 0 aromatic heterocycles. The quantitative estimate of drug-likeness (QED) is 0.349. The maximum Gasteiger partial charge on any atom is 0.130 e. The summed E-state index contributed by atoms with van der Waals surface area (Å²) in [7, 11) is 1.69. The fraction of sp³-hybridized carbons (Fsp3) is 0.556. The van der Waals surface area contributed by atoms with Crippen molar-refractivity contribution in [1.82, 2.24) is 0 Å². The van der Waals surface area contributed by atoms with Crippen molar-refractivity contribution in [2.75, 3.05) is 5.75 Å². The molecule has 0 unspecified atom stereocenters. The SMILES string of the molecule is C1=C\OOSSCCCCC/C=C/1. The molecule has 2 nitrogen and oxygen atoms in total. The molecule has 4 heteroatoms. The number of rotatable bonds is 0. The average molecular weight is 218 g/mol. The third kappa shape index (κ3) is 7.05. The van der Waals surface area contributed by atoms with Crippen LogP contribution in [0.2, 0.25) is 0 Å². The molecule has 0 saturated heterocycles. The van der Waals surface area contributed by atoms with Crippen molar-refractivity contribution in [3.05, 3.63) is 24.5 Å². The molecule has 13 heavy (non-hydrogen) atoms. The molecule has 0 radical (unpaired) electrons. The van der Waals surface area contributed by atoms with E-state index in [4.69, 9.17) is 9.22 Å². The van der Waals surface area contributed by atoms with E-state index >= 15 is 0 Å². The normalized spacial score (nSPS) is 25.8. The van der Waals surface area contributed by atoms with Gasteiger partial charge in [-0.05, 0) is 25.3 Å². The van der Waals surface area contributed by atoms with Crippen LogP contribution in [0.15, 0.2) is 24.5 Å². The first-order valence-electron chi connectivity index (χ1n) is 4.43. The average Bonchev–Trinajstić information content (AvgIpc) is 2.18. The summed E-state index contributed by atoms with van der Waals surface area (Å²) >= 11 is 1.29. The second-order valence-corrected chi connectivity index (χ2v) is 4.69. The minimum absolute atomic E-state index is 1.13. The summed E-state index contributed by atoms with van der Waals surface area (Å²) in [6.07, 6.45) is 12.5. The van der Waals surface area contributed by atoms with Gasteiger partial charge in [-0.1, -0.05) is 29.4 Å². The lowest BCUT2D eigenvalue weighted by molar-refractivity contribution is -0.127. The molecule has 0 fully saturated rings. The highest BCUT2D eigenvalue weighted by atomic mass is 33.1. The summed E-state index contributed by atoms with van der Waals surface area (Å²) < 4.78 is 4.81. The molecule has 0 atom stereocenters. The predicted molar refractivity (Wildman–Crippen MR) is 59.0 cm³/mol. The third-order valence-corrected chi connectivity index (χ3v) is 3.24. The van der Waals surface area contributed by atoms with E-state index in [2.05, 4.69) is 6.08 Å². The van der Waals surface area contributed by atoms with Gasteiger partial charge >= 0.3 is 0 Å². The Morgan fingerprint density at radius 2 is 2.08 bits per heavy atom. The Labute approximate surface area is 87.3 Å². The fourth-order valence-electron chi connectivity index (χ4n) is 0.945. The van der Waals surface area contributed by atoms with Gasteiger partial charge in [-0.15, -0.1) is 4.33 Å². The number of allylic oxidation sites excluding steroid dienone is 3. The second-order valence-electron chi connectivity index (χ2n) is 2.66. The van der Waals surface area contributed by atoms with E-state index in [1.54, 1.807) is 17.1 Å². The van der Waals surface area contributed by atoms with E-state index in [0.717, 1.165) is 12.2 Å². The van der Waals surface area contributed by atoms with E-state index in [0.29, 0.717) is 0 Å². The second kappa shape index (κ2) is 8.53. The molecule has 0 aromatic carbocycles. The predicted octanol–water partition coefficient (Wildman–Crippen LogP) is 3.87. The molecule has 0 saturated carbocycles. The van der Waals surface area contributed by atoms with E-state index in [-0.39, 0.29) is 0 Å². The van der Waals surface area contributed by atoms with E-state index in [1.165, 1.54) is 30.3 Å². The summed E-state index contributed by atoms with van der Waals surface area (Å²) in [4.78, 5) is 4.76. The Hall–Kier alpha value is -0.0600. The molecule has 1 aliphatic rings. The van der Waals surface area contributed by atoms with E-state index < -0.39 is 0 Å². The van der Waals surface area contributed by atoms with Crippen LogP contribution in [0.3, 0.4) is 0 Å². The monoisotopic (exact) mass is 218 g/mol. The first-order valence-corrected chi connectivity index (χ1v) is 6.68. The van der Waals surface area contributed by atoms with Gasteiger partial charge in [0.15, 0.2) is 0 Å². The van der Waals surface area contributed by atoms with Crippen molar-refractivity contribution in [3.8, 4) is 0 Å². The molecule has 0 spiro atoms. The molecule has 1 heterocycles. The highest BCUT2D eigenvalue weighted by Crippen LogP contribution is 2.24. The lowest BCUT2D eigenvalue weighted by atomic mass is 10.2. The topological polar surface area (TPSA) is 18.5 Å². The van der Waals surface area contributed by atoms with E-state index in [1.807, 2.05) is 12.2 Å².